The van der Waals surface area contributed by atoms with E-state index in [0.717, 1.165) is 35.2 Å². The highest BCUT2D eigenvalue weighted by Gasteiger charge is 2.39. The number of fused-ring (bicyclic) bond motifs is 2. The van der Waals surface area contributed by atoms with Crippen molar-refractivity contribution in [2.75, 3.05) is 20.1 Å². The molecule has 0 spiro atoms. The van der Waals surface area contributed by atoms with Crippen molar-refractivity contribution in [1.82, 2.24) is 4.90 Å². The smallest absolute Gasteiger partial charge is 0.0307 e. The van der Waals surface area contributed by atoms with E-state index < -0.39 is 0 Å². The van der Waals surface area contributed by atoms with Crippen LogP contribution in [0.3, 0.4) is 0 Å². The number of benzene rings is 1. The first-order chi connectivity index (χ1) is 10.1. The number of halogens is 1. The van der Waals surface area contributed by atoms with Crippen LogP contribution in [0, 0.1) is 17.8 Å². The third-order valence-electron chi connectivity index (χ3n) is 5.53. The normalized spacial score (nSPS) is 29.2. The summed E-state index contributed by atoms with van der Waals surface area (Å²) in [5.41, 5.74) is 7.57. The molecule has 2 bridgehead atoms. The van der Waals surface area contributed by atoms with Crippen molar-refractivity contribution < 1.29 is 0 Å². The minimum absolute atomic E-state index is 0.143. The van der Waals surface area contributed by atoms with E-state index in [0.29, 0.717) is 0 Å². The van der Waals surface area contributed by atoms with Gasteiger partial charge in [-0.2, -0.15) is 0 Å². The Morgan fingerprint density at radius 1 is 1.33 bits per heavy atom. The van der Waals surface area contributed by atoms with Gasteiger partial charge in [0.15, 0.2) is 0 Å². The highest BCUT2D eigenvalue weighted by atomic mass is 79.9. The Bertz CT molecular complexity index is 476. The van der Waals surface area contributed by atoms with Gasteiger partial charge in [0.05, 0.1) is 0 Å². The molecule has 0 saturated heterocycles. The summed E-state index contributed by atoms with van der Waals surface area (Å²) in [6.07, 6.45) is 7.01. The van der Waals surface area contributed by atoms with Gasteiger partial charge >= 0.3 is 0 Å². The van der Waals surface area contributed by atoms with Crippen molar-refractivity contribution in [3.8, 4) is 0 Å². The van der Waals surface area contributed by atoms with Gasteiger partial charge in [0.1, 0.15) is 0 Å². The van der Waals surface area contributed by atoms with Crippen LogP contribution in [-0.2, 0) is 0 Å². The van der Waals surface area contributed by atoms with E-state index in [1.54, 1.807) is 0 Å². The van der Waals surface area contributed by atoms with Crippen LogP contribution < -0.4 is 5.73 Å². The SMILES string of the molecule is CN(CCC(N)c1cccc(Br)c1)CC1CC2CCC1C2. The maximum Gasteiger partial charge on any atom is 0.0307 e. The number of rotatable bonds is 6. The zero-order valence-electron chi connectivity index (χ0n) is 13.0. The predicted octanol–water partition coefficient (Wildman–Crippen LogP) is 4.21. The van der Waals surface area contributed by atoms with Crippen molar-refractivity contribution in [1.29, 1.82) is 0 Å². The number of hydrogen-bond donors (Lipinski definition) is 1. The highest BCUT2D eigenvalue weighted by molar-refractivity contribution is 9.10. The largest absolute Gasteiger partial charge is 0.324 e. The zero-order valence-corrected chi connectivity index (χ0v) is 14.6. The number of nitrogens with zero attached hydrogens (tertiary/aromatic N) is 1. The molecule has 0 aliphatic heterocycles. The Kier molecular flexibility index (Phi) is 5.03. The standard InChI is InChI=1S/C18H27BrN2/c1-21(12-16-10-13-5-6-14(16)9-13)8-7-18(20)15-3-2-4-17(19)11-15/h2-4,11,13-14,16,18H,5-10,12,20H2,1H3. The molecule has 4 atom stereocenters. The van der Waals surface area contributed by atoms with Gasteiger partial charge in [0.2, 0.25) is 0 Å². The van der Waals surface area contributed by atoms with Gasteiger partial charge < -0.3 is 10.6 Å². The molecule has 2 N–H and O–H groups in total. The fourth-order valence-electron chi connectivity index (χ4n) is 4.36. The van der Waals surface area contributed by atoms with Gasteiger partial charge in [-0.05, 0) is 74.7 Å². The molecule has 2 fully saturated rings. The summed E-state index contributed by atoms with van der Waals surface area (Å²) in [5, 5.41) is 0. The molecule has 4 unspecified atom stereocenters. The Hall–Kier alpha value is -0.380. The monoisotopic (exact) mass is 350 g/mol. The lowest BCUT2D eigenvalue weighted by Crippen LogP contribution is -2.31. The van der Waals surface area contributed by atoms with Gasteiger partial charge in [-0.1, -0.05) is 34.5 Å². The Morgan fingerprint density at radius 3 is 2.86 bits per heavy atom. The zero-order chi connectivity index (χ0) is 14.8. The third-order valence-corrected chi connectivity index (χ3v) is 6.02. The summed E-state index contributed by atoms with van der Waals surface area (Å²) in [6, 6.07) is 8.53. The maximum atomic E-state index is 6.33. The van der Waals surface area contributed by atoms with Crippen molar-refractivity contribution >= 4 is 15.9 Å². The van der Waals surface area contributed by atoms with Crippen LogP contribution in [0.4, 0.5) is 0 Å². The molecular formula is C18H27BrN2. The maximum absolute atomic E-state index is 6.33. The van der Waals surface area contributed by atoms with Crippen LogP contribution in [0.2, 0.25) is 0 Å². The molecule has 0 amide bonds. The van der Waals surface area contributed by atoms with Crippen molar-refractivity contribution in [3.63, 3.8) is 0 Å². The van der Waals surface area contributed by atoms with Crippen molar-refractivity contribution in [2.45, 2.75) is 38.1 Å². The van der Waals surface area contributed by atoms with E-state index in [1.807, 2.05) is 0 Å². The molecule has 21 heavy (non-hydrogen) atoms. The minimum atomic E-state index is 0.143. The van der Waals surface area contributed by atoms with E-state index in [9.17, 15) is 0 Å². The van der Waals surface area contributed by atoms with Crippen molar-refractivity contribution in [2.24, 2.45) is 23.5 Å². The number of nitrogens with two attached hydrogens (primary N) is 1. The second-order valence-corrected chi connectivity index (χ2v) is 8.06. The lowest BCUT2D eigenvalue weighted by molar-refractivity contribution is 0.215. The van der Waals surface area contributed by atoms with Crippen LogP contribution in [0.5, 0.6) is 0 Å². The predicted molar refractivity (Wildman–Crippen MR) is 92.1 cm³/mol. The molecule has 0 radical (unpaired) electrons. The molecule has 116 valence electrons. The van der Waals surface area contributed by atoms with Gasteiger partial charge in [-0.15, -0.1) is 0 Å². The van der Waals surface area contributed by atoms with E-state index in [1.165, 1.54) is 37.8 Å². The molecule has 1 aromatic carbocycles. The van der Waals surface area contributed by atoms with E-state index in [-0.39, 0.29) is 6.04 Å². The second-order valence-electron chi connectivity index (χ2n) is 7.15. The molecule has 2 nitrogen and oxygen atoms in total. The first-order valence-corrected chi connectivity index (χ1v) is 9.10. The van der Waals surface area contributed by atoms with E-state index >= 15 is 0 Å². The van der Waals surface area contributed by atoms with Gasteiger partial charge in [0.25, 0.3) is 0 Å². The lowest BCUT2D eigenvalue weighted by Gasteiger charge is -2.28. The van der Waals surface area contributed by atoms with Gasteiger partial charge in [0, 0.05) is 17.1 Å². The van der Waals surface area contributed by atoms with Crippen LogP contribution in [0.15, 0.2) is 28.7 Å². The highest BCUT2D eigenvalue weighted by Crippen LogP contribution is 2.48. The quantitative estimate of drug-likeness (QED) is 0.832. The van der Waals surface area contributed by atoms with Crippen LogP contribution in [0.1, 0.15) is 43.7 Å². The third kappa shape index (κ3) is 3.88. The van der Waals surface area contributed by atoms with Crippen LogP contribution >= 0.6 is 15.9 Å². The summed E-state index contributed by atoms with van der Waals surface area (Å²) in [6.45, 7) is 2.37. The van der Waals surface area contributed by atoms with E-state index in [2.05, 4.69) is 52.1 Å². The van der Waals surface area contributed by atoms with Gasteiger partial charge in [-0.3, -0.25) is 0 Å². The van der Waals surface area contributed by atoms with Crippen LogP contribution in [0.25, 0.3) is 0 Å². The van der Waals surface area contributed by atoms with Gasteiger partial charge in [-0.25, -0.2) is 0 Å². The summed E-state index contributed by atoms with van der Waals surface area (Å²) in [7, 11) is 2.26. The minimum Gasteiger partial charge on any atom is -0.324 e. The Morgan fingerprint density at radius 2 is 2.19 bits per heavy atom. The lowest BCUT2D eigenvalue weighted by atomic mass is 9.88. The Labute approximate surface area is 137 Å². The summed E-state index contributed by atoms with van der Waals surface area (Å²) in [4.78, 5) is 2.50. The summed E-state index contributed by atoms with van der Waals surface area (Å²) < 4.78 is 1.12. The molecule has 0 heterocycles. The average molecular weight is 351 g/mol. The first-order valence-electron chi connectivity index (χ1n) is 8.31. The van der Waals surface area contributed by atoms with Crippen LogP contribution in [-0.4, -0.2) is 25.0 Å². The molecule has 2 aliphatic rings. The first kappa shape index (κ1) is 15.5. The molecule has 0 aromatic heterocycles. The topological polar surface area (TPSA) is 29.3 Å². The Balaban J connectivity index is 1.44. The molecule has 2 saturated carbocycles. The summed E-state index contributed by atoms with van der Waals surface area (Å²) in [5.74, 6) is 3.03. The second kappa shape index (κ2) is 6.80. The molecular weight excluding hydrogens is 324 g/mol. The van der Waals surface area contributed by atoms with Crippen molar-refractivity contribution in [3.05, 3.63) is 34.3 Å². The average Bonchev–Trinajstić information content (AvgIpc) is 3.07. The molecule has 2 aliphatic carbocycles. The fraction of sp³-hybridized carbons (Fsp3) is 0.667. The fourth-order valence-corrected chi connectivity index (χ4v) is 4.77. The summed E-state index contributed by atoms with van der Waals surface area (Å²) >= 11 is 3.52. The van der Waals surface area contributed by atoms with E-state index in [4.69, 9.17) is 5.73 Å². The molecule has 1 aromatic rings. The number of hydrogen-bond acceptors (Lipinski definition) is 2. The molecule has 3 rings (SSSR count). The molecule has 3 heteroatoms.